The molecule has 4 heteroatoms. The van der Waals surface area contributed by atoms with E-state index in [1.807, 2.05) is 55.5 Å². The standard InChI is InChI=1S/C17H20N2O2/c1-13-6-8-14(9-7-13)11-18-17(20)19-12-15-4-3-5-16(10-15)21-2/h3-10H,11-12H2,1-2H3,(H2,18,19,20). The molecule has 0 fully saturated rings. The van der Waals surface area contributed by atoms with E-state index in [4.69, 9.17) is 4.74 Å². The second kappa shape index (κ2) is 7.33. The van der Waals surface area contributed by atoms with E-state index < -0.39 is 0 Å². The van der Waals surface area contributed by atoms with Crippen LogP contribution in [0.25, 0.3) is 0 Å². The van der Waals surface area contributed by atoms with Crippen LogP contribution in [0.5, 0.6) is 5.75 Å². The van der Waals surface area contributed by atoms with E-state index in [1.165, 1.54) is 5.56 Å². The van der Waals surface area contributed by atoms with Gasteiger partial charge in [-0.1, -0.05) is 42.0 Å². The van der Waals surface area contributed by atoms with Crippen LogP contribution in [0.3, 0.4) is 0 Å². The maximum Gasteiger partial charge on any atom is 0.315 e. The minimum Gasteiger partial charge on any atom is -0.497 e. The van der Waals surface area contributed by atoms with Crippen molar-refractivity contribution < 1.29 is 9.53 Å². The first-order valence-corrected chi connectivity index (χ1v) is 6.87. The average Bonchev–Trinajstić information content (AvgIpc) is 2.52. The molecule has 0 aliphatic rings. The predicted octanol–water partition coefficient (Wildman–Crippen LogP) is 3.00. The van der Waals surface area contributed by atoms with E-state index >= 15 is 0 Å². The highest BCUT2D eigenvalue weighted by Gasteiger charge is 2.01. The summed E-state index contributed by atoms with van der Waals surface area (Å²) in [6, 6.07) is 15.5. The van der Waals surface area contributed by atoms with Crippen LogP contribution in [0.4, 0.5) is 4.79 Å². The number of methoxy groups -OCH3 is 1. The smallest absolute Gasteiger partial charge is 0.315 e. The molecule has 0 radical (unpaired) electrons. The van der Waals surface area contributed by atoms with Gasteiger partial charge in [-0.05, 0) is 30.2 Å². The molecule has 0 atom stereocenters. The van der Waals surface area contributed by atoms with Gasteiger partial charge in [0.1, 0.15) is 5.75 Å². The van der Waals surface area contributed by atoms with Crippen LogP contribution in [0.15, 0.2) is 48.5 Å². The number of benzene rings is 2. The second-order valence-electron chi connectivity index (χ2n) is 4.87. The third-order valence-electron chi connectivity index (χ3n) is 3.16. The minimum atomic E-state index is -0.182. The summed E-state index contributed by atoms with van der Waals surface area (Å²) in [5.41, 5.74) is 3.29. The Hall–Kier alpha value is -2.49. The normalized spacial score (nSPS) is 10.0. The highest BCUT2D eigenvalue weighted by Crippen LogP contribution is 2.12. The average molecular weight is 284 g/mol. The highest BCUT2D eigenvalue weighted by molar-refractivity contribution is 5.73. The summed E-state index contributed by atoms with van der Waals surface area (Å²) in [5.74, 6) is 0.786. The molecule has 21 heavy (non-hydrogen) atoms. The quantitative estimate of drug-likeness (QED) is 0.886. The van der Waals surface area contributed by atoms with Gasteiger partial charge in [0, 0.05) is 13.1 Å². The SMILES string of the molecule is COc1cccc(CNC(=O)NCc2ccc(C)cc2)c1. The summed E-state index contributed by atoms with van der Waals surface area (Å²) in [4.78, 5) is 11.8. The molecular weight excluding hydrogens is 264 g/mol. The van der Waals surface area contributed by atoms with Gasteiger partial charge < -0.3 is 15.4 Å². The second-order valence-corrected chi connectivity index (χ2v) is 4.87. The Morgan fingerprint density at radius 1 is 1.00 bits per heavy atom. The molecule has 0 aliphatic carbocycles. The monoisotopic (exact) mass is 284 g/mol. The molecule has 0 bridgehead atoms. The van der Waals surface area contributed by atoms with Gasteiger partial charge in [0.25, 0.3) is 0 Å². The molecule has 2 rings (SSSR count). The van der Waals surface area contributed by atoms with E-state index in [1.54, 1.807) is 7.11 Å². The molecule has 0 saturated carbocycles. The van der Waals surface area contributed by atoms with Gasteiger partial charge >= 0.3 is 6.03 Å². The van der Waals surface area contributed by atoms with Gasteiger partial charge in [-0.25, -0.2) is 4.79 Å². The zero-order valence-electron chi connectivity index (χ0n) is 12.3. The van der Waals surface area contributed by atoms with Crippen LogP contribution in [0, 0.1) is 6.92 Å². The molecule has 0 aliphatic heterocycles. The number of rotatable bonds is 5. The van der Waals surface area contributed by atoms with Crippen molar-refractivity contribution in [2.24, 2.45) is 0 Å². The fourth-order valence-electron chi connectivity index (χ4n) is 1.92. The highest BCUT2D eigenvalue weighted by atomic mass is 16.5. The van der Waals surface area contributed by atoms with Crippen LogP contribution in [-0.2, 0) is 13.1 Å². The first-order chi connectivity index (χ1) is 10.2. The minimum absolute atomic E-state index is 0.182. The Labute approximate surface area is 125 Å². The number of carbonyl (C=O) groups excluding carboxylic acids is 1. The molecule has 110 valence electrons. The molecule has 2 aromatic carbocycles. The van der Waals surface area contributed by atoms with Crippen molar-refractivity contribution >= 4 is 6.03 Å². The van der Waals surface area contributed by atoms with Crippen LogP contribution >= 0.6 is 0 Å². The molecule has 4 nitrogen and oxygen atoms in total. The van der Waals surface area contributed by atoms with Crippen molar-refractivity contribution in [3.63, 3.8) is 0 Å². The largest absolute Gasteiger partial charge is 0.497 e. The number of ether oxygens (including phenoxy) is 1. The van der Waals surface area contributed by atoms with Crippen LogP contribution in [-0.4, -0.2) is 13.1 Å². The van der Waals surface area contributed by atoms with Gasteiger partial charge in [-0.3, -0.25) is 0 Å². The lowest BCUT2D eigenvalue weighted by Gasteiger charge is -2.09. The number of aryl methyl sites for hydroxylation is 1. The lowest BCUT2D eigenvalue weighted by atomic mass is 10.1. The molecule has 2 amide bonds. The summed E-state index contributed by atoms with van der Waals surface area (Å²) in [6.45, 7) is 3.03. The number of hydrogen-bond donors (Lipinski definition) is 2. The molecule has 0 aromatic heterocycles. The topological polar surface area (TPSA) is 50.4 Å². The van der Waals surface area contributed by atoms with Crippen molar-refractivity contribution in [2.45, 2.75) is 20.0 Å². The van der Waals surface area contributed by atoms with Crippen molar-refractivity contribution in [2.75, 3.05) is 7.11 Å². The summed E-state index contributed by atoms with van der Waals surface area (Å²) in [5, 5.41) is 5.66. The summed E-state index contributed by atoms with van der Waals surface area (Å²) < 4.78 is 5.15. The Morgan fingerprint density at radius 2 is 1.67 bits per heavy atom. The summed E-state index contributed by atoms with van der Waals surface area (Å²) >= 11 is 0. The van der Waals surface area contributed by atoms with E-state index in [9.17, 15) is 4.79 Å². The summed E-state index contributed by atoms with van der Waals surface area (Å²) in [7, 11) is 1.63. The van der Waals surface area contributed by atoms with Gasteiger partial charge in [0.15, 0.2) is 0 Å². The Bertz CT molecular complexity index is 594. The van der Waals surface area contributed by atoms with Crippen molar-refractivity contribution in [3.8, 4) is 5.75 Å². The lowest BCUT2D eigenvalue weighted by molar-refractivity contribution is 0.240. The lowest BCUT2D eigenvalue weighted by Crippen LogP contribution is -2.34. The first-order valence-electron chi connectivity index (χ1n) is 6.87. The zero-order chi connectivity index (χ0) is 15.1. The molecule has 2 N–H and O–H groups in total. The van der Waals surface area contributed by atoms with Gasteiger partial charge in [0.2, 0.25) is 0 Å². The third-order valence-corrected chi connectivity index (χ3v) is 3.16. The van der Waals surface area contributed by atoms with Crippen LogP contribution in [0.1, 0.15) is 16.7 Å². The van der Waals surface area contributed by atoms with Crippen molar-refractivity contribution in [1.82, 2.24) is 10.6 Å². The van der Waals surface area contributed by atoms with E-state index in [0.29, 0.717) is 13.1 Å². The molecule has 2 aromatic rings. The van der Waals surface area contributed by atoms with E-state index in [0.717, 1.165) is 16.9 Å². The molecule has 0 heterocycles. The fraction of sp³-hybridized carbons (Fsp3) is 0.235. The molecule has 0 saturated heterocycles. The fourth-order valence-corrected chi connectivity index (χ4v) is 1.92. The van der Waals surface area contributed by atoms with Crippen molar-refractivity contribution in [1.29, 1.82) is 0 Å². The first kappa shape index (κ1) is 14.9. The number of amides is 2. The number of carbonyl (C=O) groups is 1. The Balaban J connectivity index is 1.78. The van der Waals surface area contributed by atoms with E-state index in [2.05, 4.69) is 10.6 Å². The number of nitrogens with one attached hydrogen (secondary N) is 2. The molecule has 0 unspecified atom stereocenters. The van der Waals surface area contributed by atoms with Gasteiger partial charge in [0.05, 0.1) is 7.11 Å². The Kier molecular flexibility index (Phi) is 5.21. The number of hydrogen-bond acceptors (Lipinski definition) is 2. The number of urea groups is 1. The molecule has 0 spiro atoms. The Morgan fingerprint density at radius 3 is 2.33 bits per heavy atom. The van der Waals surface area contributed by atoms with Gasteiger partial charge in [-0.15, -0.1) is 0 Å². The third kappa shape index (κ3) is 4.84. The zero-order valence-corrected chi connectivity index (χ0v) is 12.3. The van der Waals surface area contributed by atoms with Crippen LogP contribution < -0.4 is 15.4 Å². The maximum absolute atomic E-state index is 11.8. The van der Waals surface area contributed by atoms with E-state index in [-0.39, 0.29) is 6.03 Å². The maximum atomic E-state index is 11.8. The van der Waals surface area contributed by atoms with Gasteiger partial charge in [-0.2, -0.15) is 0 Å². The summed E-state index contributed by atoms with van der Waals surface area (Å²) in [6.07, 6.45) is 0. The predicted molar refractivity (Wildman–Crippen MR) is 83.2 cm³/mol. The molecular formula is C17H20N2O2. The van der Waals surface area contributed by atoms with Crippen LogP contribution in [0.2, 0.25) is 0 Å². The van der Waals surface area contributed by atoms with Crippen molar-refractivity contribution in [3.05, 3.63) is 65.2 Å².